The molecule has 1 aromatic heterocycles. The van der Waals surface area contributed by atoms with Gasteiger partial charge in [-0.15, -0.1) is 0 Å². The predicted molar refractivity (Wildman–Crippen MR) is 115 cm³/mol. The number of amides is 1. The van der Waals surface area contributed by atoms with E-state index in [1.807, 2.05) is 23.9 Å². The van der Waals surface area contributed by atoms with E-state index < -0.39 is 0 Å². The van der Waals surface area contributed by atoms with E-state index in [1.54, 1.807) is 0 Å². The lowest BCUT2D eigenvalue weighted by Gasteiger charge is -2.22. The van der Waals surface area contributed by atoms with Crippen LogP contribution in [0.1, 0.15) is 56.3 Å². The third-order valence-electron chi connectivity index (χ3n) is 5.78. The van der Waals surface area contributed by atoms with Gasteiger partial charge in [0.15, 0.2) is 0 Å². The van der Waals surface area contributed by atoms with Crippen molar-refractivity contribution in [2.24, 2.45) is 0 Å². The average Bonchev–Trinajstić information content (AvgIpc) is 3.29. The summed E-state index contributed by atoms with van der Waals surface area (Å²) in [6.45, 7) is 6.76. The molecule has 7 nitrogen and oxygen atoms in total. The fourth-order valence-electron chi connectivity index (χ4n) is 4.13. The maximum absolute atomic E-state index is 12.0. The van der Waals surface area contributed by atoms with Gasteiger partial charge in [0.1, 0.15) is 5.82 Å². The SMILES string of the molecule is CC(C)c1nc(N(C)C)nc(N2CC(CCN3CCCC3=O)c3ccccc32)n1. The van der Waals surface area contributed by atoms with Crippen LogP contribution >= 0.6 is 0 Å². The number of nitrogens with zero attached hydrogens (tertiary/aromatic N) is 6. The molecule has 1 amide bonds. The Kier molecular flexibility index (Phi) is 5.39. The van der Waals surface area contributed by atoms with Crippen molar-refractivity contribution >= 4 is 23.5 Å². The summed E-state index contributed by atoms with van der Waals surface area (Å²) in [6, 6.07) is 8.50. The highest BCUT2D eigenvalue weighted by molar-refractivity contribution is 5.78. The van der Waals surface area contributed by atoms with Crippen LogP contribution in [-0.4, -0.2) is 59.5 Å². The smallest absolute Gasteiger partial charge is 0.235 e. The molecule has 4 rings (SSSR count). The molecule has 1 fully saturated rings. The van der Waals surface area contributed by atoms with Crippen LogP contribution in [0.2, 0.25) is 0 Å². The van der Waals surface area contributed by atoms with Gasteiger partial charge in [0.05, 0.1) is 0 Å². The first-order valence-electron chi connectivity index (χ1n) is 10.5. The molecule has 1 unspecified atom stereocenters. The lowest BCUT2D eigenvalue weighted by molar-refractivity contribution is -0.127. The number of rotatable bonds is 6. The third kappa shape index (κ3) is 3.91. The van der Waals surface area contributed by atoms with E-state index in [-0.39, 0.29) is 5.92 Å². The van der Waals surface area contributed by atoms with Crippen LogP contribution in [0.15, 0.2) is 24.3 Å². The van der Waals surface area contributed by atoms with E-state index in [1.165, 1.54) is 5.56 Å². The van der Waals surface area contributed by atoms with E-state index in [0.29, 0.717) is 30.1 Å². The van der Waals surface area contributed by atoms with Crippen molar-refractivity contribution in [2.75, 3.05) is 43.5 Å². The summed E-state index contributed by atoms with van der Waals surface area (Å²) in [6.07, 6.45) is 2.65. The van der Waals surface area contributed by atoms with Crippen LogP contribution in [-0.2, 0) is 4.79 Å². The summed E-state index contributed by atoms with van der Waals surface area (Å²) >= 11 is 0. The van der Waals surface area contributed by atoms with Gasteiger partial charge in [-0.1, -0.05) is 32.0 Å². The number of aromatic nitrogens is 3. The molecule has 3 heterocycles. The molecular weight excluding hydrogens is 364 g/mol. The van der Waals surface area contributed by atoms with Gasteiger partial charge >= 0.3 is 0 Å². The van der Waals surface area contributed by atoms with Crippen LogP contribution in [0.3, 0.4) is 0 Å². The first-order valence-corrected chi connectivity index (χ1v) is 10.5. The average molecular weight is 395 g/mol. The largest absolute Gasteiger partial charge is 0.347 e. The summed E-state index contributed by atoms with van der Waals surface area (Å²) in [5, 5.41) is 0. The molecule has 2 aliphatic heterocycles. The Bertz CT molecular complexity index is 870. The molecule has 2 aromatic rings. The van der Waals surface area contributed by atoms with E-state index in [9.17, 15) is 4.79 Å². The number of carbonyl (C=O) groups is 1. The highest BCUT2D eigenvalue weighted by Crippen LogP contribution is 2.41. The lowest BCUT2D eigenvalue weighted by atomic mass is 9.98. The summed E-state index contributed by atoms with van der Waals surface area (Å²) < 4.78 is 0. The van der Waals surface area contributed by atoms with Crippen molar-refractivity contribution < 1.29 is 4.79 Å². The molecule has 1 aromatic carbocycles. The quantitative estimate of drug-likeness (QED) is 0.749. The number of anilines is 3. The van der Waals surface area contributed by atoms with Crippen molar-refractivity contribution in [3.8, 4) is 0 Å². The molecule has 154 valence electrons. The van der Waals surface area contributed by atoms with Crippen LogP contribution < -0.4 is 9.80 Å². The fourth-order valence-corrected chi connectivity index (χ4v) is 4.13. The number of para-hydroxylation sites is 1. The number of benzene rings is 1. The minimum absolute atomic E-state index is 0.227. The van der Waals surface area contributed by atoms with Gasteiger partial charge in [-0.25, -0.2) is 0 Å². The second kappa shape index (κ2) is 7.97. The van der Waals surface area contributed by atoms with Crippen LogP contribution in [0.5, 0.6) is 0 Å². The van der Waals surface area contributed by atoms with Gasteiger partial charge in [0.2, 0.25) is 17.8 Å². The van der Waals surface area contributed by atoms with Crippen LogP contribution in [0.25, 0.3) is 0 Å². The van der Waals surface area contributed by atoms with Gasteiger partial charge in [-0.2, -0.15) is 15.0 Å². The van der Waals surface area contributed by atoms with E-state index in [4.69, 9.17) is 9.97 Å². The molecule has 7 heteroatoms. The highest BCUT2D eigenvalue weighted by atomic mass is 16.2. The molecule has 0 radical (unpaired) electrons. The zero-order chi connectivity index (χ0) is 20.5. The monoisotopic (exact) mass is 394 g/mol. The van der Waals surface area contributed by atoms with E-state index in [0.717, 1.165) is 44.0 Å². The van der Waals surface area contributed by atoms with Crippen molar-refractivity contribution in [1.29, 1.82) is 0 Å². The van der Waals surface area contributed by atoms with Gasteiger partial charge in [0, 0.05) is 57.7 Å². The van der Waals surface area contributed by atoms with Gasteiger partial charge in [-0.3, -0.25) is 4.79 Å². The molecule has 0 aliphatic carbocycles. The van der Waals surface area contributed by atoms with Crippen molar-refractivity contribution in [3.63, 3.8) is 0 Å². The number of likely N-dealkylation sites (tertiary alicyclic amines) is 1. The summed E-state index contributed by atoms with van der Waals surface area (Å²) in [4.78, 5) is 32.3. The van der Waals surface area contributed by atoms with Crippen molar-refractivity contribution in [3.05, 3.63) is 35.7 Å². The Balaban J connectivity index is 1.62. The molecule has 2 aliphatic rings. The maximum atomic E-state index is 12.0. The number of hydrogen-bond donors (Lipinski definition) is 0. The predicted octanol–water partition coefficient (Wildman–Crippen LogP) is 3.31. The normalized spacial score (nSPS) is 18.7. The molecule has 0 N–H and O–H groups in total. The molecule has 0 saturated carbocycles. The van der Waals surface area contributed by atoms with Crippen LogP contribution in [0, 0.1) is 0 Å². The third-order valence-corrected chi connectivity index (χ3v) is 5.78. The first kappa shape index (κ1) is 19.6. The topological polar surface area (TPSA) is 65.5 Å². The van der Waals surface area contributed by atoms with Gasteiger partial charge in [0.25, 0.3) is 0 Å². The van der Waals surface area contributed by atoms with Crippen molar-refractivity contribution in [2.45, 2.75) is 44.9 Å². The van der Waals surface area contributed by atoms with Crippen molar-refractivity contribution in [1.82, 2.24) is 19.9 Å². The molecular formula is C22H30N6O. The van der Waals surface area contributed by atoms with E-state index in [2.05, 4.69) is 48.0 Å². The minimum Gasteiger partial charge on any atom is -0.347 e. The molecule has 1 atom stereocenters. The second-order valence-electron chi connectivity index (χ2n) is 8.48. The van der Waals surface area contributed by atoms with Gasteiger partial charge in [-0.05, 0) is 24.5 Å². The number of hydrogen-bond acceptors (Lipinski definition) is 6. The van der Waals surface area contributed by atoms with Gasteiger partial charge < -0.3 is 14.7 Å². The zero-order valence-corrected chi connectivity index (χ0v) is 17.8. The second-order valence-corrected chi connectivity index (χ2v) is 8.48. The lowest BCUT2D eigenvalue weighted by Crippen LogP contribution is -2.28. The standard InChI is InChI=1S/C22H30N6O/c1-15(2)20-23-21(26(3)4)25-22(24-20)28-14-16(17-8-5-6-9-18(17)28)11-13-27-12-7-10-19(27)29/h5-6,8-9,15-16H,7,10-14H2,1-4H3. The zero-order valence-electron chi connectivity index (χ0n) is 17.8. The Hall–Kier alpha value is -2.70. The van der Waals surface area contributed by atoms with E-state index >= 15 is 0 Å². The Labute approximate surface area is 172 Å². The Morgan fingerprint density at radius 1 is 1.17 bits per heavy atom. The summed E-state index contributed by atoms with van der Waals surface area (Å²) in [5.74, 6) is 3.08. The number of fused-ring (bicyclic) bond motifs is 1. The maximum Gasteiger partial charge on any atom is 0.235 e. The summed E-state index contributed by atoms with van der Waals surface area (Å²) in [7, 11) is 3.91. The fraction of sp³-hybridized carbons (Fsp3) is 0.545. The van der Waals surface area contributed by atoms with Crippen LogP contribution in [0.4, 0.5) is 17.6 Å². The number of carbonyl (C=O) groups excluding carboxylic acids is 1. The molecule has 0 spiro atoms. The highest BCUT2D eigenvalue weighted by Gasteiger charge is 2.32. The Morgan fingerprint density at radius 3 is 2.66 bits per heavy atom. The minimum atomic E-state index is 0.227. The molecule has 0 bridgehead atoms. The molecule has 29 heavy (non-hydrogen) atoms. The molecule has 1 saturated heterocycles. The first-order chi connectivity index (χ1) is 13.9. The summed E-state index contributed by atoms with van der Waals surface area (Å²) in [5.41, 5.74) is 2.48. The Morgan fingerprint density at radius 2 is 1.97 bits per heavy atom.